The monoisotopic (exact) mass is 383 g/mol. The Balaban J connectivity index is 2.01. The van der Waals surface area contributed by atoms with Crippen molar-refractivity contribution in [1.82, 2.24) is 0 Å². The highest BCUT2D eigenvalue weighted by atomic mass is 16.2. The molecule has 0 N–H and O–H groups in total. The van der Waals surface area contributed by atoms with Crippen LogP contribution in [-0.4, -0.2) is 24.5 Å². The molecular formula is C25H21NO3. The first-order valence-corrected chi connectivity index (χ1v) is 9.48. The van der Waals surface area contributed by atoms with Gasteiger partial charge in [0.2, 0.25) is 5.91 Å². The summed E-state index contributed by atoms with van der Waals surface area (Å²) in [5, 5.41) is 0. The van der Waals surface area contributed by atoms with Gasteiger partial charge in [0, 0.05) is 29.4 Å². The second-order valence-electron chi connectivity index (χ2n) is 7.40. The lowest BCUT2D eigenvalue weighted by atomic mass is 9.70. The third kappa shape index (κ3) is 2.71. The minimum atomic E-state index is -1.03. The largest absolute Gasteiger partial charge is 0.314 e. The first-order chi connectivity index (χ1) is 13.9. The number of fused-ring (bicyclic) bond motifs is 1. The van der Waals surface area contributed by atoms with Crippen molar-refractivity contribution in [1.29, 1.82) is 0 Å². The van der Waals surface area contributed by atoms with Crippen molar-refractivity contribution in [2.45, 2.75) is 19.3 Å². The Kier molecular flexibility index (Phi) is 4.42. The third-order valence-electron chi connectivity index (χ3n) is 5.74. The SMILES string of the molecule is CC(=O)c1ccc(C2(c3ccc(C(C)=O)cc3)C(=O)N(C)c3ccccc32)cc1. The van der Waals surface area contributed by atoms with Crippen LogP contribution in [0.15, 0.2) is 72.8 Å². The van der Waals surface area contributed by atoms with Crippen LogP contribution < -0.4 is 4.90 Å². The van der Waals surface area contributed by atoms with Crippen LogP contribution in [0.3, 0.4) is 0 Å². The maximum absolute atomic E-state index is 13.7. The molecule has 0 atom stereocenters. The van der Waals surface area contributed by atoms with Crippen LogP contribution in [0.1, 0.15) is 51.3 Å². The summed E-state index contributed by atoms with van der Waals surface area (Å²) < 4.78 is 0. The van der Waals surface area contributed by atoms with Crippen LogP contribution in [0.25, 0.3) is 0 Å². The van der Waals surface area contributed by atoms with Gasteiger partial charge in [0.05, 0.1) is 0 Å². The van der Waals surface area contributed by atoms with Crippen LogP contribution in [0.2, 0.25) is 0 Å². The van der Waals surface area contributed by atoms with Crippen LogP contribution >= 0.6 is 0 Å². The topological polar surface area (TPSA) is 54.5 Å². The minimum absolute atomic E-state index is 0.0216. The number of carbonyl (C=O) groups is 3. The zero-order chi connectivity index (χ0) is 20.8. The zero-order valence-electron chi connectivity index (χ0n) is 16.6. The number of carbonyl (C=O) groups excluding carboxylic acids is 3. The van der Waals surface area contributed by atoms with Crippen molar-refractivity contribution >= 4 is 23.2 Å². The van der Waals surface area contributed by atoms with Crippen LogP contribution in [0.5, 0.6) is 0 Å². The van der Waals surface area contributed by atoms with Gasteiger partial charge in [0.1, 0.15) is 5.41 Å². The van der Waals surface area contributed by atoms with Crippen molar-refractivity contribution in [3.05, 3.63) is 101 Å². The van der Waals surface area contributed by atoms with E-state index in [1.807, 2.05) is 48.5 Å². The molecule has 1 heterocycles. The summed E-state index contributed by atoms with van der Waals surface area (Å²) in [6, 6.07) is 22.2. The van der Waals surface area contributed by atoms with Crippen molar-refractivity contribution in [2.24, 2.45) is 0 Å². The molecule has 29 heavy (non-hydrogen) atoms. The van der Waals surface area contributed by atoms with E-state index in [9.17, 15) is 14.4 Å². The van der Waals surface area contributed by atoms with E-state index in [1.165, 1.54) is 13.8 Å². The number of likely N-dealkylation sites (N-methyl/N-ethyl adjacent to an activating group) is 1. The number of anilines is 1. The number of para-hydroxylation sites is 1. The Labute approximate surface area is 169 Å². The number of hydrogen-bond donors (Lipinski definition) is 0. The van der Waals surface area contributed by atoms with Crippen molar-refractivity contribution in [3.8, 4) is 0 Å². The Morgan fingerprint density at radius 2 is 1.17 bits per heavy atom. The number of benzene rings is 3. The summed E-state index contributed by atoms with van der Waals surface area (Å²) in [7, 11) is 1.77. The molecule has 0 spiro atoms. The Bertz CT molecular complexity index is 1070. The molecule has 4 rings (SSSR count). The van der Waals surface area contributed by atoms with Crippen LogP contribution in [-0.2, 0) is 10.2 Å². The molecule has 0 aromatic heterocycles. The molecule has 0 aliphatic carbocycles. The Morgan fingerprint density at radius 1 is 0.724 bits per heavy atom. The van der Waals surface area contributed by atoms with Crippen molar-refractivity contribution in [2.75, 3.05) is 11.9 Å². The quantitative estimate of drug-likeness (QED) is 0.628. The summed E-state index contributed by atoms with van der Waals surface area (Å²) in [5.74, 6) is -0.108. The van der Waals surface area contributed by atoms with Crippen molar-refractivity contribution in [3.63, 3.8) is 0 Å². The van der Waals surface area contributed by atoms with Gasteiger partial charge in [-0.2, -0.15) is 0 Å². The smallest absolute Gasteiger partial charge is 0.246 e. The summed E-state index contributed by atoms with van der Waals surface area (Å²) in [5.41, 5.74) is 3.49. The minimum Gasteiger partial charge on any atom is -0.314 e. The molecule has 0 radical (unpaired) electrons. The molecule has 1 aliphatic rings. The average molecular weight is 383 g/mol. The maximum Gasteiger partial charge on any atom is 0.246 e. The molecule has 0 saturated carbocycles. The predicted octanol–water partition coefficient (Wildman–Crippen LogP) is 4.40. The van der Waals surface area contributed by atoms with Gasteiger partial charge in [0.25, 0.3) is 0 Å². The fourth-order valence-corrected chi connectivity index (χ4v) is 4.19. The van der Waals surface area contributed by atoms with E-state index in [2.05, 4.69) is 0 Å². The van der Waals surface area contributed by atoms with Crippen LogP contribution in [0.4, 0.5) is 5.69 Å². The fraction of sp³-hybridized carbons (Fsp3) is 0.160. The number of Topliss-reactive ketones (excluding diaryl/α,β-unsaturated/α-hetero) is 2. The zero-order valence-corrected chi connectivity index (χ0v) is 16.6. The normalized spacial score (nSPS) is 14.6. The first kappa shape index (κ1) is 18.8. The number of amides is 1. The molecule has 3 aromatic carbocycles. The van der Waals surface area contributed by atoms with E-state index in [4.69, 9.17) is 0 Å². The van der Waals surface area contributed by atoms with E-state index in [-0.39, 0.29) is 17.5 Å². The number of ketones is 2. The summed E-state index contributed by atoms with van der Waals surface area (Å²) in [6.45, 7) is 3.05. The molecule has 3 aromatic rings. The third-order valence-corrected chi connectivity index (χ3v) is 5.74. The van der Waals surface area contributed by atoms with Gasteiger partial charge in [-0.15, -0.1) is 0 Å². The number of rotatable bonds is 4. The second-order valence-corrected chi connectivity index (χ2v) is 7.40. The highest BCUT2D eigenvalue weighted by Crippen LogP contribution is 2.49. The first-order valence-electron chi connectivity index (χ1n) is 9.48. The van der Waals surface area contributed by atoms with Gasteiger partial charge in [-0.1, -0.05) is 66.7 Å². The Hall–Kier alpha value is -3.53. The lowest BCUT2D eigenvalue weighted by molar-refractivity contribution is -0.120. The van der Waals surface area contributed by atoms with Gasteiger partial charge in [-0.05, 0) is 31.0 Å². The molecule has 1 amide bonds. The molecule has 0 bridgehead atoms. The van der Waals surface area contributed by atoms with Gasteiger partial charge >= 0.3 is 0 Å². The highest BCUT2D eigenvalue weighted by molar-refractivity contribution is 6.12. The average Bonchev–Trinajstić information content (AvgIpc) is 2.96. The lowest BCUT2D eigenvalue weighted by Gasteiger charge is -2.30. The van der Waals surface area contributed by atoms with E-state index in [0.717, 1.165) is 22.4 Å². The van der Waals surface area contributed by atoms with Crippen LogP contribution in [0, 0.1) is 0 Å². The maximum atomic E-state index is 13.7. The van der Waals surface area contributed by atoms with Gasteiger partial charge < -0.3 is 4.90 Å². The second kappa shape index (κ2) is 6.82. The number of hydrogen-bond acceptors (Lipinski definition) is 3. The summed E-state index contributed by atoms with van der Waals surface area (Å²) in [6.07, 6.45) is 0. The van der Waals surface area contributed by atoms with Gasteiger partial charge in [0.15, 0.2) is 11.6 Å². The summed E-state index contributed by atoms with van der Waals surface area (Å²) in [4.78, 5) is 38.9. The predicted molar refractivity (Wildman–Crippen MR) is 113 cm³/mol. The standard InChI is InChI=1S/C25H21NO3/c1-16(27)18-8-12-20(13-9-18)25(21-14-10-19(11-15-21)17(2)28)22-6-4-5-7-23(22)26(3)24(25)29/h4-15H,1-3H3. The van der Waals surface area contributed by atoms with Crippen molar-refractivity contribution < 1.29 is 14.4 Å². The molecular weight excluding hydrogens is 362 g/mol. The van der Waals surface area contributed by atoms with E-state index >= 15 is 0 Å². The lowest BCUT2D eigenvalue weighted by Crippen LogP contribution is -2.40. The van der Waals surface area contributed by atoms with Gasteiger partial charge in [-0.3, -0.25) is 14.4 Å². The van der Waals surface area contributed by atoms with E-state index in [1.54, 1.807) is 36.2 Å². The molecule has 0 unspecified atom stereocenters. The van der Waals surface area contributed by atoms with Gasteiger partial charge in [-0.25, -0.2) is 0 Å². The highest BCUT2D eigenvalue weighted by Gasteiger charge is 2.52. The molecule has 4 nitrogen and oxygen atoms in total. The molecule has 1 aliphatic heterocycles. The molecule has 4 heteroatoms. The molecule has 144 valence electrons. The summed E-state index contributed by atoms with van der Waals surface area (Å²) >= 11 is 0. The molecule has 0 saturated heterocycles. The number of nitrogens with zero attached hydrogens (tertiary/aromatic N) is 1. The molecule has 0 fully saturated rings. The van der Waals surface area contributed by atoms with E-state index in [0.29, 0.717) is 11.1 Å². The Morgan fingerprint density at radius 3 is 1.62 bits per heavy atom. The fourth-order valence-electron chi connectivity index (χ4n) is 4.19. The van der Waals surface area contributed by atoms with E-state index < -0.39 is 5.41 Å².